The second kappa shape index (κ2) is 7.96. The third-order valence-corrected chi connectivity index (χ3v) is 4.74. The molecule has 0 spiro atoms. The van der Waals surface area contributed by atoms with Crippen LogP contribution in [0.15, 0.2) is 27.2 Å². The number of ether oxygens (including phenoxy) is 1. The zero-order valence-corrected chi connectivity index (χ0v) is 14.8. The van der Waals surface area contributed by atoms with Gasteiger partial charge in [-0.15, -0.1) is 0 Å². The highest BCUT2D eigenvalue weighted by Crippen LogP contribution is 2.23. The van der Waals surface area contributed by atoms with Gasteiger partial charge in [0.2, 0.25) is 0 Å². The normalized spacial score (nSPS) is 19.9. The predicted octanol–water partition coefficient (Wildman–Crippen LogP) is 2.79. The average molecular weight is 333 g/mol. The summed E-state index contributed by atoms with van der Waals surface area (Å²) in [6.07, 6.45) is 2.79. The van der Waals surface area contributed by atoms with Gasteiger partial charge in [-0.2, -0.15) is 0 Å². The zero-order valence-electron chi connectivity index (χ0n) is 14.8. The summed E-state index contributed by atoms with van der Waals surface area (Å²) in [5.74, 6) is 2.12. The lowest BCUT2D eigenvalue weighted by molar-refractivity contribution is 0.0459. The van der Waals surface area contributed by atoms with E-state index < -0.39 is 0 Å². The summed E-state index contributed by atoms with van der Waals surface area (Å²) >= 11 is 0. The van der Waals surface area contributed by atoms with E-state index in [9.17, 15) is 0 Å². The third-order valence-electron chi connectivity index (χ3n) is 4.74. The fourth-order valence-corrected chi connectivity index (χ4v) is 3.28. The lowest BCUT2D eigenvalue weighted by atomic mass is 10.1. The van der Waals surface area contributed by atoms with Gasteiger partial charge >= 0.3 is 0 Å². The van der Waals surface area contributed by atoms with E-state index in [0.717, 1.165) is 57.2 Å². The molecule has 3 rings (SSSR count). The van der Waals surface area contributed by atoms with E-state index in [1.54, 1.807) is 13.4 Å². The minimum Gasteiger partial charge on any atom is -0.459 e. The van der Waals surface area contributed by atoms with Crippen LogP contribution in [0.25, 0.3) is 11.7 Å². The molecule has 2 aromatic rings. The number of hydrogen-bond donors (Lipinski definition) is 0. The number of aromatic nitrogens is 1. The summed E-state index contributed by atoms with van der Waals surface area (Å²) in [5.41, 5.74) is 1.00. The Bertz CT molecular complexity index is 623. The molecule has 0 radical (unpaired) electrons. The molecule has 0 saturated carbocycles. The van der Waals surface area contributed by atoms with Crippen LogP contribution < -0.4 is 0 Å². The second-order valence-corrected chi connectivity index (χ2v) is 6.33. The molecule has 1 aliphatic heterocycles. The second-order valence-electron chi connectivity index (χ2n) is 6.33. The van der Waals surface area contributed by atoms with Crippen molar-refractivity contribution in [1.29, 1.82) is 0 Å². The predicted molar refractivity (Wildman–Crippen MR) is 91.7 cm³/mol. The van der Waals surface area contributed by atoms with Gasteiger partial charge in [0.25, 0.3) is 5.89 Å². The van der Waals surface area contributed by atoms with E-state index in [1.807, 2.05) is 19.1 Å². The number of aryl methyl sites for hydroxylation is 1. The van der Waals surface area contributed by atoms with E-state index >= 15 is 0 Å². The van der Waals surface area contributed by atoms with Crippen LogP contribution in [0.2, 0.25) is 0 Å². The van der Waals surface area contributed by atoms with Gasteiger partial charge in [-0.05, 0) is 25.5 Å². The summed E-state index contributed by atoms with van der Waals surface area (Å²) in [5, 5.41) is 0. The molecule has 0 aromatic carbocycles. The van der Waals surface area contributed by atoms with E-state index in [2.05, 4.69) is 21.7 Å². The molecule has 6 heteroatoms. The van der Waals surface area contributed by atoms with Crippen molar-refractivity contribution >= 4 is 0 Å². The Balaban J connectivity index is 1.62. The van der Waals surface area contributed by atoms with Gasteiger partial charge in [-0.25, -0.2) is 4.98 Å². The fourth-order valence-electron chi connectivity index (χ4n) is 3.28. The summed E-state index contributed by atoms with van der Waals surface area (Å²) in [4.78, 5) is 9.63. The molecule has 3 heterocycles. The molecule has 1 atom stereocenters. The Morgan fingerprint density at radius 2 is 2.25 bits per heavy atom. The molecule has 6 nitrogen and oxygen atoms in total. The Labute approximate surface area is 143 Å². The average Bonchev–Trinajstić information content (AvgIpc) is 3.24. The first-order valence-corrected chi connectivity index (χ1v) is 8.66. The number of rotatable bonds is 7. The third kappa shape index (κ3) is 3.88. The molecule has 0 amide bonds. The largest absolute Gasteiger partial charge is 0.459 e. The van der Waals surface area contributed by atoms with E-state index in [-0.39, 0.29) is 0 Å². The van der Waals surface area contributed by atoms with Gasteiger partial charge in [0.15, 0.2) is 5.76 Å². The lowest BCUT2D eigenvalue weighted by Crippen LogP contribution is -2.53. The SMILES string of the molecule is CC[C@H]1CN(Cc2nc(-c3ccco3)oc2C)CCN1CCOC. The van der Waals surface area contributed by atoms with Crippen molar-refractivity contribution in [2.45, 2.75) is 32.9 Å². The van der Waals surface area contributed by atoms with Gasteiger partial charge in [-0.1, -0.05) is 6.92 Å². The first kappa shape index (κ1) is 17.2. The smallest absolute Gasteiger partial charge is 0.263 e. The van der Waals surface area contributed by atoms with E-state index in [0.29, 0.717) is 17.7 Å². The van der Waals surface area contributed by atoms with Crippen LogP contribution in [0, 0.1) is 6.92 Å². The van der Waals surface area contributed by atoms with Crippen molar-refractivity contribution in [3.05, 3.63) is 29.9 Å². The van der Waals surface area contributed by atoms with Crippen LogP contribution in [-0.2, 0) is 11.3 Å². The van der Waals surface area contributed by atoms with Crippen LogP contribution in [-0.4, -0.2) is 60.7 Å². The molecule has 0 aliphatic carbocycles. The molecular weight excluding hydrogens is 306 g/mol. The van der Waals surface area contributed by atoms with Crippen LogP contribution in [0.4, 0.5) is 0 Å². The highest BCUT2D eigenvalue weighted by atomic mass is 16.5. The molecule has 0 unspecified atom stereocenters. The number of hydrogen-bond acceptors (Lipinski definition) is 6. The maximum atomic E-state index is 5.77. The maximum Gasteiger partial charge on any atom is 0.263 e. The molecule has 1 fully saturated rings. The van der Waals surface area contributed by atoms with Gasteiger partial charge in [0, 0.05) is 45.9 Å². The van der Waals surface area contributed by atoms with E-state index in [4.69, 9.17) is 13.6 Å². The highest BCUT2D eigenvalue weighted by molar-refractivity contribution is 5.44. The number of methoxy groups -OCH3 is 1. The first-order chi connectivity index (χ1) is 11.7. The molecule has 0 N–H and O–H groups in total. The van der Waals surface area contributed by atoms with Crippen LogP contribution in [0.3, 0.4) is 0 Å². The number of nitrogens with zero attached hydrogens (tertiary/aromatic N) is 3. The fraction of sp³-hybridized carbons (Fsp3) is 0.611. The zero-order chi connectivity index (χ0) is 16.9. The Hall–Kier alpha value is -1.63. The highest BCUT2D eigenvalue weighted by Gasteiger charge is 2.26. The van der Waals surface area contributed by atoms with Gasteiger partial charge in [0.05, 0.1) is 18.6 Å². The molecule has 0 bridgehead atoms. The molecule has 24 heavy (non-hydrogen) atoms. The minimum absolute atomic E-state index is 0.568. The van der Waals surface area contributed by atoms with Crippen LogP contribution in [0.1, 0.15) is 24.8 Å². The van der Waals surface area contributed by atoms with Crippen LogP contribution >= 0.6 is 0 Å². The summed E-state index contributed by atoms with van der Waals surface area (Å²) in [6.45, 7) is 10.0. The van der Waals surface area contributed by atoms with Gasteiger partial charge < -0.3 is 13.6 Å². The number of oxazole rings is 1. The number of piperazine rings is 1. The van der Waals surface area contributed by atoms with Gasteiger partial charge in [-0.3, -0.25) is 9.80 Å². The van der Waals surface area contributed by atoms with Crippen molar-refractivity contribution in [3.8, 4) is 11.7 Å². The number of furan rings is 1. The lowest BCUT2D eigenvalue weighted by Gasteiger charge is -2.41. The minimum atomic E-state index is 0.568. The van der Waals surface area contributed by atoms with Crippen molar-refractivity contribution in [2.75, 3.05) is 39.9 Å². The Morgan fingerprint density at radius 1 is 1.38 bits per heavy atom. The van der Waals surface area contributed by atoms with Crippen molar-refractivity contribution in [1.82, 2.24) is 14.8 Å². The van der Waals surface area contributed by atoms with Crippen molar-refractivity contribution < 1.29 is 13.6 Å². The topological polar surface area (TPSA) is 54.9 Å². The van der Waals surface area contributed by atoms with Crippen molar-refractivity contribution in [2.24, 2.45) is 0 Å². The molecule has 132 valence electrons. The molecular formula is C18H27N3O3. The van der Waals surface area contributed by atoms with Gasteiger partial charge in [0.1, 0.15) is 5.76 Å². The Kier molecular flexibility index (Phi) is 5.71. The van der Waals surface area contributed by atoms with Crippen molar-refractivity contribution in [3.63, 3.8) is 0 Å². The quantitative estimate of drug-likeness (QED) is 0.776. The maximum absolute atomic E-state index is 5.77. The first-order valence-electron chi connectivity index (χ1n) is 8.66. The summed E-state index contributed by atoms with van der Waals surface area (Å²) in [7, 11) is 1.77. The van der Waals surface area contributed by atoms with E-state index in [1.165, 1.54) is 0 Å². The summed E-state index contributed by atoms with van der Waals surface area (Å²) in [6, 6.07) is 4.29. The summed E-state index contributed by atoms with van der Waals surface area (Å²) < 4.78 is 16.4. The molecule has 1 saturated heterocycles. The molecule has 2 aromatic heterocycles. The molecule has 1 aliphatic rings. The monoisotopic (exact) mass is 333 g/mol. The van der Waals surface area contributed by atoms with Crippen LogP contribution in [0.5, 0.6) is 0 Å². The standard InChI is InChI=1S/C18H27N3O3/c1-4-15-12-20(7-8-21(15)9-11-22-3)13-16-14(2)24-18(19-16)17-6-5-10-23-17/h5-6,10,15H,4,7-9,11-13H2,1-3H3/t15-/m0/s1. The Morgan fingerprint density at radius 3 is 2.96 bits per heavy atom.